The quantitative estimate of drug-likeness (QED) is 0.498. The van der Waals surface area contributed by atoms with Gasteiger partial charge in [0.25, 0.3) is 0 Å². The van der Waals surface area contributed by atoms with Crippen LogP contribution in [-0.2, 0) is 11.3 Å². The number of aromatic nitrogens is 3. The van der Waals surface area contributed by atoms with E-state index in [1.54, 1.807) is 11.8 Å². The lowest BCUT2D eigenvalue weighted by Gasteiger charge is -2.07. The Bertz CT molecular complexity index is 1150. The molecular formula is C22H19N3O3S. The molecule has 6 nitrogen and oxygen atoms in total. The van der Waals surface area contributed by atoms with Crippen molar-refractivity contribution in [1.82, 2.24) is 14.8 Å². The molecule has 4 rings (SSSR count). The molecule has 2 heterocycles. The van der Waals surface area contributed by atoms with E-state index < -0.39 is 5.97 Å². The summed E-state index contributed by atoms with van der Waals surface area (Å²) in [4.78, 5) is 15.6. The summed E-state index contributed by atoms with van der Waals surface area (Å²) in [6.45, 7) is 2.57. The number of carboxylic acids is 1. The van der Waals surface area contributed by atoms with Gasteiger partial charge in [-0.2, -0.15) is 5.10 Å². The molecule has 0 bridgehead atoms. The highest BCUT2D eigenvalue weighted by Gasteiger charge is 2.21. The average molecular weight is 405 g/mol. The number of aromatic carboxylic acids is 1. The number of ether oxygens (including phenoxy) is 1. The second kappa shape index (κ2) is 7.98. The van der Waals surface area contributed by atoms with Crippen molar-refractivity contribution in [2.24, 2.45) is 0 Å². The van der Waals surface area contributed by atoms with Crippen LogP contribution in [0.25, 0.3) is 27.6 Å². The topological polar surface area (TPSA) is 77.2 Å². The fraction of sp³-hybridized carbons (Fsp3) is 0.136. The molecular weight excluding hydrogens is 386 g/mol. The molecule has 0 aliphatic rings. The zero-order valence-electron chi connectivity index (χ0n) is 16.0. The van der Waals surface area contributed by atoms with E-state index in [2.05, 4.69) is 4.98 Å². The van der Waals surface area contributed by atoms with Gasteiger partial charge >= 0.3 is 5.97 Å². The number of hydrogen-bond donors (Lipinski definition) is 1. The van der Waals surface area contributed by atoms with Gasteiger partial charge in [0.1, 0.15) is 0 Å². The Balaban J connectivity index is 1.89. The minimum absolute atomic E-state index is 0.0146. The van der Waals surface area contributed by atoms with Gasteiger partial charge in [0.15, 0.2) is 5.69 Å². The highest BCUT2D eigenvalue weighted by Crippen LogP contribution is 2.34. The molecule has 0 aliphatic carbocycles. The maximum Gasteiger partial charge on any atom is 0.355 e. The summed E-state index contributed by atoms with van der Waals surface area (Å²) >= 11 is 1.26. The number of rotatable bonds is 6. The second-order valence-corrected chi connectivity index (χ2v) is 7.39. The molecule has 0 saturated heterocycles. The number of carboxylic acid groups (broad SMARTS) is 1. The molecule has 0 aliphatic heterocycles. The predicted octanol–water partition coefficient (Wildman–Crippen LogP) is 4.82. The van der Waals surface area contributed by atoms with Gasteiger partial charge in [-0.1, -0.05) is 54.6 Å². The molecule has 1 N–H and O–H groups in total. The first kappa shape index (κ1) is 19.0. The van der Waals surface area contributed by atoms with Crippen molar-refractivity contribution >= 4 is 17.3 Å². The Morgan fingerprint density at radius 2 is 1.83 bits per heavy atom. The summed E-state index contributed by atoms with van der Waals surface area (Å²) in [6, 6.07) is 18.0. The Labute approximate surface area is 172 Å². The van der Waals surface area contributed by atoms with Crippen molar-refractivity contribution in [3.05, 3.63) is 76.8 Å². The molecule has 2 aromatic carbocycles. The first-order valence-corrected chi connectivity index (χ1v) is 9.89. The predicted molar refractivity (Wildman–Crippen MR) is 113 cm³/mol. The van der Waals surface area contributed by atoms with E-state index in [1.807, 2.05) is 61.5 Å². The van der Waals surface area contributed by atoms with Gasteiger partial charge in [-0.05, 0) is 12.5 Å². The fourth-order valence-electron chi connectivity index (χ4n) is 3.23. The van der Waals surface area contributed by atoms with Gasteiger partial charge in [0.2, 0.25) is 5.13 Å². The lowest BCUT2D eigenvalue weighted by Crippen LogP contribution is -2.02. The molecule has 146 valence electrons. The molecule has 29 heavy (non-hydrogen) atoms. The first-order chi connectivity index (χ1) is 14.1. The summed E-state index contributed by atoms with van der Waals surface area (Å²) in [5.41, 5.74) is 5.79. The molecule has 0 atom stereocenters. The van der Waals surface area contributed by atoms with Crippen molar-refractivity contribution in [1.29, 1.82) is 0 Å². The first-order valence-electron chi connectivity index (χ1n) is 9.01. The second-order valence-electron chi connectivity index (χ2n) is 6.55. The number of benzene rings is 2. The lowest BCUT2D eigenvalue weighted by atomic mass is 10.0. The van der Waals surface area contributed by atoms with Crippen LogP contribution in [0.1, 0.15) is 21.6 Å². The maximum atomic E-state index is 11.3. The zero-order valence-corrected chi connectivity index (χ0v) is 16.8. The fourth-order valence-corrected chi connectivity index (χ4v) is 3.98. The lowest BCUT2D eigenvalue weighted by molar-refractivity contribution is 0.0691. The van der Waals surface area contributed by atoms with Crippen molar-refractivity contribution in [2.75, 3.05) is 7.11 Å². The third kappa shape index (κ3) is 3.70. The van der Waals surface area contributed by atoms with Crippen molar-refractivity contribution in [2.45, 2.75) is 13.5 Å². The van der Waals surface area contributed by atoms with Gasteiger partial charge < -0.3 is 9.84 Å². The van der Waals surface area contributed by atoms with Crippen LogP contribution in [0.3, 0.4) is 0 Å². The Kier molecular flexibility index (Phi) is 5.24. The summed E-state index contributed by atoms with van der Waals surface area (Å²) in [5.74, 6) is -1.05. The molecule has 2 aromatic heterocycles. The number of hydrogen-bond acceptors (Lipinski definition) is 5. The highest BCUT2D eigenvalue weighted by molar-refractivity contribution is 7.12. The Morgan fingerprint density at radius 1 is 1.10 bits per heavy atom. The highest BCUT2D eigenvalue weighted by atomic mass is 32.1. The van der Waals surface area contributed by atoms with E-state index in [9.17, 15) is 9.90 Å². The third-order valence-electron chi connectivity index (χ3n) is 4.60. The van der Waals surface area contributed by atoms with Crippen LogP contribution in [-0.4, -0.2) is 33.0 Å². The average Bonchev–Trinajstić information content (AvgIpc) is 3.35. The van der Waals surface area contributed by atoms with E-state index in [0.717, 1.165) is 33.6 Å². The van der Waals surface area contributed by atoms with Crippen LogP contribution in [0.5, 0.6) is 0 Å². The summed E-state index contributed by atoms with van der Waals surface area (Å²) in [7, 11) is 1.67. The third-order valence-corrected chi connectivity index (χ3v) is 5.42. The number of nitrogens with zero attached hydrogens (tertiary/aromatic N) is 3. The van der Waals surface area contributed by atoms with Gasteiger partial charge in [-0.3, -0.25) is 0 Å². The monoisotopic (exact) mass is 405 g/mol. The molecule has 0 saturated carbocycles. The van der Waals surface area contributed by atoms with Crippen molar-refractivity contribution in [3.8, 4) is 27.6 Å². The van der Waals surface area contributed by atoms with Crippen LogP contribution < -0.4 is 0 Å². The van der Waals surface area contributed by atoms with Crippen LogP contribution >= 0.6 is 11.3 Å². The largest absolute Gasteiger partial charge is 0.476 e. The van der Waals surface area contributed by atoms with Crippen molar-refractivity contribution < 1.29 is 14.6 Å². The Morgan fingerprint density at radius 3 is 2.45 bits per heavy atom. The van der Waals surface area contributed by atoms with E-state index in [-0.39, 0.29) is 5.69 Å². The molecule has 0 radical (unpaired) electrons. The minimum atomic E-state index is -1.05. The number of thiazole rings is 1. The minimum Gasteiger partial charge on any atom is -0.476 e. The summed E-state index contributed by atoms with van der Waals surface area (Å²) in [5, 5.41) is 16.1. The summed E-state index contributed by atoms with van der Waals surface area (Å²) in [6.07, 6.45) is 0. The van der Waals surface area contributed by atoms with E-state index in [4.69, 9.17) is 9.84 Å². The van der Waals surface area contributed by atoms with Gasteiger partial charge in [-0.15, -0.1) is 11.3 Å². The molecule has 0 fully saturated rings. The molecule has 0 amide bonds. The zero-order chi connectivity index (χ0) is 20.4. The van der Waals surface area contributed by atoms with E-state index in [0.29, 0.717) is 11.7 Å². The van der Waals surface area contributed by atoms with E-state index >= 15 is 0 Å². The Hall–Kier alpha value is -3.29. The van der Waals surface area contributed by atoms with Crippen LogP contribution in [0, 0.1) is 6.92 Å². The molecule has 0 spiro atoms. The smallest absolute Gasteiger partial charge is 0.355 e. The van der Waals surface area contributed by atoms with Gasteiger partial charge in [-0.25, -0.2) is 14.5 Å². The number of methoxy groups -OCH3 is 1. The van der Waals surface area contributed by atoms with Gasteiger partial charge in [0.05, 0.1) is 18.0 Å². The standard InChI is InChI=1S/C22H19N3O3S/c1-14-19(16-6-4-3-5-7-16)24-25(22-23-18(13-29-22)21(26)27)20(14)17-10-8-15(9-11-17)12-28-2/h3-11,13H,12H2,1-2H3,(H,26,27). The van der Waals surface area contributed by atoms with Crippen LogP contribution in [0.15, 0.2) is 60.0 Å². The summed E-state index contributed by atoms with van der Waals surface area (Å²) < 4.78 is 6.93. The molecule has 4 aromatic rings. The molecule has 0 unspecified atom stereocenters. The van der Waals surface area contributed by atoms with Crippen LogP contribution in [0.4, 0.5) is 0 Å². The maximum absolute atomic E-state index is 11.3. The normalized spacial score (nSPS) is 11.0. The molecule has 7 heteroatoms. The number of carbonyl (C=O) groups is 1. The van der Waals surface area contributed by atoms with Crippen LogP contribution in [0.2, 0.25) is 0 Å². The van der Waals surface area contributed by atoms with E-state index in [1.165, 1.54) is 16.7 Å². The van der Waals surface area contributed by atoms with Crippen molar-refractivity contribution in [3.63, 3.8) is 0 Å². The van der Waals surface area contributed by atoms with Gasteiger partial charge in [0, 0.05) is 29.2 Å². The SMILES string of the molecule is COCc1ccc(-c2c(C)c(-c3ccccc3)nn2-c2nc(C(=O)O)cs2)cc1.